The molecule has 21 heavy (non-hydrogen) atoms. The lowest BCUT2D eigenvalue weighted by Gasteiger charge is -2.26. The zero-order valence-corrected chi connectivity index (χ0v) is 11.6. The molecule has 0 aromatic carbocycles. The van der Waals surface area contributed by atoms with Crippen molar-refractivity contribution in [3.05, 3.63) is 42.6 Å². The van der Waals surface area contributed by atoms with Crippen LogP contribution in [-0.4, -0.2) is 37.7 Å². The summed E-state index contributed by atoms with van der Waals surface area (Å²) in [6.45, 7) is 0. The highest BCUT2D eigenvalue weighted by Gasteiger charge is 2.21. The predicted molar refractivity (Wildman–Crippen MR) is 77.1 cm³/mol. The van der Waals surface area contributed by atoms with E-state index in [1.54, 1.807) is 29.4 Å². The average molecular weight is 286 g/mol. The number of carbonyl (C=O) groups is 1. The van der Waals surface area contributed by atoms with Crippen molar-refractivity contribution >= 4 is 5.91 Å². The first-order valence-corrected chi connectivity index (χ1v) is 7.16. The number of aromatic nitrogens is 3. The van der Waals surface area contributed by atoms with Crippen LogP contribution in [0.3, 0.4) is 0 Å². The van der Waals surface area contributed by atoms with Gasteiger partial charge in [-0.2, -0.15) is 0 Å². The fourth-order valence-corrected chi connectivity index (χ4v) is 2.57. The molecule has 2 aromatic rings. The molecule has 0 saturated heterocycles. The maximum atomic E-state index is 12.3. The fourth-order valence-electron chi connectivity index (χ4n) is 2.57. The van der Waals surface area contributed by atoms with Gasteiger partial charge in [0.15, 0.2) is 0 Å². The SMILES string of the molecule is O=C(N[C@H]1CC[C@H](O)CC1)c1cccc(-n2ccnc2)n1. The molecule has 6 heteroatoms. The van der Waals surface area contributed by atoms with Gasteiger partial charge in [0.25, 0.3) is 5.91 Å². The van der Waals surface area contributed by atoms with Crippen molar-refractivity contribution in [2.45, 2.75) is 37.8 Å². The van der Waals surface area contributed by atoms with Crippen molar-refractivity contribution in [2.24, 2.45) is 0 Å². The van der Waals surface area contributed by atoms with Crippen molar-refractivity contribution in [2.75, 3.05) is 0 Å². The van der Waals surface area contributed by atoms with Crippen LogP contribution in [-0.2, 0) is 0 Å². The van der Waals surface area contributed by atoms with Crippen LogP contribution < -0.4 is 5.32 Å². The Labute approximate surface area is 122 Å². The lowest BCUT2D eigenvalue weighted by Crippen LogP contribution is -2.38. The molecule has 2 N–H and O–H groups in total. The van der Waals surface area contributed by atoms with Gasteiger partial charge in [0, 0.05) is 18.4 Å². The molecular formula is C15H18N4O2. The van der Waals surface area contributed by atoms with Gasteiger partial charge in [-0.1, -0.05) is 6.07 Å². The second-order valence-electron chi connectivity index (χ2n) is 5.33. The van der Waals surface area contributed by atoms with Crippen LogP contribution in [0.2, 0.25) is 0 Å². The summed E-state index contributed by atoms with van der Waals surface area (Å²) in [5.41, 5.74) is 0.396. The average Bonchev–Trinajstić information content (AvgIpc) is 3.04. The minimum absolute atomic E-state index is 0.125. The standard InChI is InChI=1S/C15H18N4O2/c20-12-6-4-11(5-7-12)17-15(21)13-2-1-3-14(18-13)19-9-8-16-10-19/h1-3,8-12,20H,4-7H2,(H,17,21)/t11-,12-. The Morgan fingerprint density at radius 1 is 1.29 bits per heavy atom. The quantitative estimate of drug-likeness (QED) is 0.891. The van der Waals surface area contributed by atoms with Gasteiger partial charge in [0.05, 0.1) is 6.10 Å². The van der Waals surface area contributed by atoms with Gasteiger partial charge in [-0.05, 0) is 37.8 Å². The number of amides is 1. The molecule has 0 bridgehead atoms. The highest BCUT2D eigenvalue weighted by Crippen LogP contribution is 2.18. The maximum absolute atomic E-state index is 12.3. The molecule has 1 aliphatic rings. The zero-order valence-electron chi connectivity index (χ0n) is 11.6. The van der Waals surface area contributed by atoms with E-state index < -0.39 is 0 Å². The molecule has 0 atom stereocenters. The number of aliphatic hydroxyl groups excluding tert-OH is 1. The van der Waals surface area contributed by atoms with E-state index in [2.05, 4.69) is 15.3 Å². The molecule has 2 aromatic heterocycles. The van der Waals surface area contributed by atoms with Crippen LogP contribution in [0.25, 0.3) is 5.82 Å². The third kappa shape index (κ3) is 3.28. The lowest BCUT2D eigenvalue weighted by molar-refractivity contribution is 0.0863. The second kappa shape index (κ2) is 6.05. The highest BCUT2D eigenvalue weighted by molar-refractivity contribution is 5.92. The molecule has 0 spiro atoms. The topological polar surface area (TPSA) is 80.0 Å². The van der Waals surface area contributed by atoms with Gasteiger partial charge in [-0.25, -0.2) is 9.97 Å². The van der Waals surface area contributed by atoms with Crippen molar-refractivity contribution in [3.8, 4) is 5.82 Å². The molecule has 0 unspecified atom stereocenters. The first-order chi connectivity index (χ1) is 10.2. The largest absolute Gasteiger partial charge is 0.393 e. The van der Waals surface area contributed by atoms with E-state index in [0.29, 0.717) is 11.5 Å². The molecule has 6 nitrogen and oxygen atoms in total. The van der Waals surface area contributed by atoms with Gasteiger partial charge in [-0.3, -0.25) is 9.36 Å². The van der Waals surface area contributed by atoms with Gasteiger partial charge in [0.2, 0.25) is 0 Å². The Hall–Kier alpha value is -2.21. The summed E-state index contributed by atoms with van der Waals surface area (Å²) in [5, 5.41) is 12.5. The summed E-state index contributed by atoms with van der Waals surface area (Å²) in [4.78, 5) is 20.6. The number of imidazole rings is 1. The molecule has 1 fully saturated rings. The summed E-state index contributed by atoms with van der Waals surface area (Å²) >= 11 is 0. The number of hydrogen-bond donors (Lipinski definition) is 2. The number of aliphatic hydroxyl groups is 1. The summed E-state index contributed by atoms with van der Waals surface area (Å²) in [7, 11) is 0. The smallest absolute Gasteiger partial charge is 0.270 e. The van der Waals surface area contributed by atoms with Crippen molar-refractivity contribution < 1.29 is 9.90 Å². The summed E-state index contributed by atoms with van der Waals surface area (Å²) in [6.07, 6.45) is 7.99. The number of pyridine rings is 1. The second-order valence-corrected chi connectivity index (χ2v) is 5.33. The first-order valence-electron chi connectivity index (χ1n) is 7.16. The summed E-state index contributed by atoms with van der Waals surface area (Å²) in [6, 6.07) is 5.46. The Kier molecular flexibility index (Phi) is 3.96. The van der Waals surface area contributed by atoms with E-state index in [1.807, 2.05) is 12.1 Å². The highest BCUT2D eigenvalue weighted by atomic mass is 16.3. The minimum atomic E-state index is -0.221. The number of nitrogens with zero attached hydrogens (tertiary/aromatic N) is 3. The normalized spacial score (nSPS) is 22.0. The van der Waals surface area contributed by atoms with Crippen molar-refractivity contribution in [3.63, 3.8) is 0 Å². The number of nitrogens with one attached hydrogen (secondary N) is 1. The maximum Gasteiger partial charge on any atom is 0.270 e. The van der Waals surface area contributed by atoms with E-state index in [4.69, 9.17) is 0 Å². The number of carbonyl (C=O) groups excluding carboxylic acids is 1. The molecule has 0 radical (unpaired) electrons. The molecule has 1 aliphatic carbocycles. The molecule has 1 amide bonds. The summed E-state index contributed by atoms with van der Waals surface area (Å²) < 4.78 is 1.76. The van der Waals surface area contributed by atoms with Crippen LogP contribution in [0, 0.1) is 0 Å². The Morgan fingerprint density at radius 3 is 2.81 bits per heavy atom. The van der Waals surface area contributed by atoms with Crippen molar-refractivity contribution in [1.82, 2.24) is 19.9 Å². The first kappa shape index (κ1) is 13.8. The van der Waals surface area contributed by atoms with Gasteiger partial charge in [0.1, 0.15) is 17.8 Å². The van der Waals surface area contributed by atoms with E-state index >= 15 is 0 Å². The van der Waals surface area contributed by atoms with Crippen LogP contribution >= 0.6 is 0 Å². The van der Waals surface area contributed by atoms with Crippen molar-refractivity contribution in [1.29, 1.82) is 0 Å². The van der Waals surface area contributed by atoms with Crippen LogP contribution in [0.15, 0.2) is 36.9 Å². The van der Waals surface area contributed by atoms with E-state index in [-0.39, 0.29) is 18.1 Å². The van der Waals surface area contributed by atoms with E-state index in [0.717, 1.165) is 25.7 Å². The molecule has 1 saturated carbocycles. The Bertz CT molecular complexity index is 604. The fraction of sp³-hybridized carbons (Fsp3) is 0.400. The van der Waals surface area contributed by atoms with Crippen LogP contribution in [0.4, 0.5) is 0 Å². The minimum Gasteiger partial charge on any atom is -0.393 e. The van der Waals surface area contributed by atoms with Gasteiger partial charge < -0.3 is 10.4 Å². The third-order valence-corrected chi connectivity index (χ3v) is 3.77. The molecule has 0 aliphatic heterocycles. The Morgan fingerprint density at radius 2 is 2.10 bits per heavy atom. The third-order valence-electron chi connectivity index (χ3n) is 3.77. The molecular weight excluding hydrogens is 268 g/mol. The molecule has 3 rings (SSSR count). The molecule has 110 valence electrons. The summed E-state index contributed by atoms with van der Waals surface area (Å²) in [5.74, 6) is 0.498. The zero-order chi connectivity index (χ0) is 14.7. The van der Waals surface area contributed by atoms with Crippen LogP contribution in [0.5, 0.6) is 0 Å². The molecule has 2 heterocycles. The number of hydrogen-bond acceptors (Lipinski definition) is 4. The predicted octanol–water partition coefficient (Wildman–Crippen LogP) is 1.30. The lowest BCUT2D eigenvalue weighted by atomic mass is 9.93. The van der Waals surface area contributed by atoms with E-state index in [1.165, 1.54) is 0 Å². The van der Waals surface area contributed by atoms with Gasteiger partial charge in [-0.15, -0.1) is 0 Å². The monoisotopic (exact) mass is 286 g/mol. The van der Waals surface area contributed by atoms with Gasteiger partial charge >= 0.3 is 0 Å². The van der Waals surface area contributed by atoms with Crippen LogP contribution in [0.1, 0.15) is 36.2 Å². The van der Waals surface area contributed by atoms with E-state index in [9.17, 15) is 9.90 Å². The number of rotatable bonds is 3. The Balaban J connectivity index is 1.69.